The molecule has 3 rings (SSSR count). The van der Waals surface area contributed by atoms with Gasteiger partial charge in [0.25, 0.3) is 0 Å². The maximum Gasteiger partial charge on any atom is 0.133 e. The first-order valence-electron chi connectivity index (χ1n) is 8.20. The van der Waals surface area contributed by atoms with E-state index in [9.17, 15) is 0 Å². The molecular formula is C18H23N3O2S. The third-order valence-electron chi connectivity index (χ3n) is 4.11. The highest BCUT2D eigenvalue weighted by Gasteiger charge is 2.13. The Labute approximate surface area is 147 Å². The average molecular weight is 345 g/mol. The summed E-state index contributed by atoms with van der Waals surface area (Å²) >= 11 is 1.70. The number of nitrogens with zero attached hydrogens (tertiary/aromatic N) is 3. The minimum absolute atomic E-state index is 0.807. The molecule has 2 aromatic rings. The molecule has 0 aliphatic carbocycles. The lowest BCUT2D eigenvalue weighted by atomic mass is 10.1. The van der Waals surface area contributed by atoms with Crippen LogP contribution in [0.15, 0.2) is 35.6 Å². The lowest BCUT2D eigenvalue weighted by Gasteiger charge is -2.27. The van der Waals surface area contributed by atoms with E-state index in [1.54, 1.807) is 32.3 Å². The molecule has 2 heterocycles. The van der Waals surface area contributed by atoms with Crippen molar-refractivity contribution >= 4 is 17.6 Å². The van der Waals surface area contributed by atoms with E-state index < -0.39 is 0 Å². The fraction of sp³-hybridized carbons (Fsp3) is 0.444. The maximum absolute atomic E-state index is 5.33. The van der Waals surface area contributed by atoms with Crippen LogP contribution in [0.5, 0.6) is 11.5 Å². The van der Waals surface area contributed by atoms with Crippen molar-refractivity contribution in [3.63, 3.8) is 0 Å². The van der Waals surface area contributed by atoms with Crippen LogP contribution in [0.4, 0.5) is 5.82 Å². The van der Waals surface area contributed by atoms with Crippen LogP contribution in [0.1, 0.15) is 24.8 Å². The minimum Gasteiger partial charge on any atom is -0.497 e. The van der Waals surface area contributed by atoms with E-state index in [4.69, 9.17) is 9.47 Å². The number of rotatable bonds is 6. The number of anilines is 1. The minimum atomic E-state index is 0.807. The van der Waals surface area contributed by atoms with Crippen molar-refractivity contribution in [2.24, 2.45) is 0 Å². The smallest absolute Gasteiger partial charge is 0.133 e. The van der Waals surface area contributed by atoms with Gasteiger partial charge in [0, 0.05) is 31.0 Å². The van der Waals surface area contributed by atoms with Gasteiger partial charge in [0.2, 0.25) is 0 Å². The molecule has 1 aliphatic heterocycles. The Morgan fingerprint density at radius 1 is 0.958 bits per heavy atom. The summed E-state index contributed by atoms with van der Waals surface area (Å²) in [5.41, 5.74) is 1.15. The first kappa shape index (κ1) is 16.9. The van der Waals surface area contributed by atoms with Crippen molar-refractivity contribution in [2.45, 2.75) is 30.0 Å². The van der Waals surface area contributed by atoms with Crippen LogP contribution >= 0.6 is 11.8 Å². The average Bonchev–Trinajstić information content (AvgIpc) is 2.67. The van der Waals surface area contributed by atoms with Gasteiger partial charge in [0.05, 0.1) is 14.2 Å². The predicted octanol–water partition coefficient (Wildman–Crippen LogP) is 3.78. The second-order valence-electron chi connectivity index (χ2n) is 5.77. The monoisotopic (exact) mass is 345 g/mol. The Morgan fingerprint density at radius 3 is 2.33 bits per heavy atom. The normalized spacial score (nSPS) is 14.5. The van der Waals surface area contributed by atoms with Gasteiger partial charge in [-0.2, -0.15) is 0 Å². The summed E-state index contributed by atoms with van der Waals surface area (Å²) in [5, 5.41) is 0.993. The third-order valence-corrected chi connectivity index (χ3v) is 5.10. The molecule has 0 spiro atoms. The van der Waals surface area contributed by atoms with Crippen LogP contribution in [0.3, 0.4) is 0 Å². The third kappa shape index (κ3) is 4.32. The van der Waals surface area contributed by atoms with E-state index in [0.29, 0.717) is 0 Å². The van der Waals surface area contributed by atoms with Crippen LogP contribution in [-0.2, 0) is 5.75 Å². The molecule has 0 unspecified atom stereocenters. The van der Waals surface area contributed by atoms with Gasteiger partial charge in [-0.05, 0) is 37.0 Å². The molecule has 0 N–H and O–H groups in total. The largest absolute Gasteiger partial charge is 0.497 e. The Hall–Kier alpha value is -1.95. The summed E-state index contributed by atoms with van der Waals surface area (Å²) < 4.78 is 10.7. The lowest BCUT2D eigenvalue weighted by molar-refractivity contribution is 0.393. The summed E-state index contributed by atoms with van der Waals surface area (Å²) in [4.78, 5) is 11.2. The van der Waals surface area contributed by atoms with Gasteiger partial charge in [-0.15, -0.1) is 11.8 Å². The molecule has 1 aromatic heterocycles. The van der Waals surface area contributed by atoms with Crippen LogP contribution < -0.4 is 14.4 Å². The van der Waals surface area contributed by atoms with Crippen molar-refractivity contribution < 1.29 is 9.47 Å². The molecule has 1 saturated heterocycles. The van der Waals surface area contributed by atoms with Crippen LogP contribution in [-0.4, -0.2) is 37.3 Å². The molecule has 24 heavy (non-hydrogen) atoms. The molecule has 1 aromatic carbocycles. The molecule has 128 valence electrons. The van der Waals surface area contributed by atoms with Gasteiger partial charge < -0.3 is 14.4 Å². The van der Waals surface area contributed by atoms with Crippen LogP contribution in [0, 0.1) is 0 Å². The number of hydrogen-bond acceptors (Lipinski definition) is 6. The highest BCUT2D eigenvalue weighted by Crippen LogP contribution is 2.29. The molecule has 6 heteroatoms. The topological polar surface area (TPSA) is 47.5 Å². The highest BCUT2D eigenvalue weighted by molar-refractivity contribution is 7.98. The molecule has 0 atom stereocenters. The fourth-order valence-corrected chi connectivity index (χ4v) is 3.60. The maximum atomic E-state index is 5.33. The number of piperidine rings is 1. The second kappa shape index (κ2) is 8.24. The first-order valence-corrected chi connectivity index (χ1v) is 9.19. The molecule has 1 aliphatic rings. The van der Waals surface area contributed by atoms with E-state index in [1.807, 2.05) is 18.2 Å². The van der Waals surface area contributed by atoms with Gasteiger partial charge in [0.15, 0.2) is 0 Å². The van der Waals surface area contributed by atoms with E-state index >= 15 is 0 Å². The van der Waals surface area contributed by atoms with Gasteiger partial charge >= 0.3 is 0 Å². The standard InChI is InChI=1S/C18H23N3O2S/c1-22-15-8-14(9-16(10-15)23-2)12-24-18-11-17(19-13-20-18)21-6-4-3-5-7-21/h8-11,13H,3-7,12H2,1-2H3. The van der Waals surface area contributed by atoms with Crippen LogP contribution in [0.2, 0.25) is 0 Å². The SMILES string of the molecule is COc1cc(CSc2cc(N3CCCCC3)ncn2)cc(OC)c1. The fourth-order valence-electron chi connectivity index (χ4n) is 2.81. The summed E-state index contributed by atoms with van der Waals surface area (Å²) in [5.74, 6) is 3.46. The molecule has 5 nitrogen and oxygen atoms in total. The van der Waals surface area contributed by atoms with Crippen molar-refractivity contribution in [1.82, 2.24) is 9.97 Å². The van der Waals surface area contributed by atoms with Crippen molar-refractivity contribution in [1.29, 1.82) is 0 Å². The molecule has 0 amide bonds. The Bertz CT molecular complexity index is 653. The Kier molecular flexibility index (Phi) is 5.80. The zero-order valence-electron chi connectivity index (χ0n) is 14.2. The highest BCUT2D eigenvalue weighted by atomic mass is 32.2. The number of thioether (sulfide) groups is 1. The Balaban J connectivity index is 1.68. The van der Waals surface area contributed by atoms with Crippen molar-refractivity contribution in [2.75, 3.05) is 32.2 Å². The summed E-state index contributed by atoms with van der Waals surface area (Å²) in [6, 6.07) is 8.03. The molecule has 0 saturated carbocycles. The second-order valence-corrected chi connectivity index (χ2v) is 6.77. The number of aromatic nitrogens is 2. The van der Waals surface area contributed by atoms with Crippen LogP contribution in [0.25, 0.3) is 0 Å². The van der Waals surface area contributed by atoms with E-state index in [0.717, 1.165) is 46.7 Å². The first-order chi connectivity index (χ1) is 11.8. The number of ether oxygens (including phenoxy) is 2. The summed E-state index contributed by atoms with van der Waals surface area (Å²) in [7, 11) is 3.34. The summed E-state index contributed by atoms with van der Waals surface area (Å²) in [6.07, 6.45) is 5.48. The van der Waals surface area contributed by atoms with Crippen molar-refractivity contribution in [3.8, 4) is 11.5 Å². The van der Waals surface area contributed by atoms with E-state index in [2.05, 4.69) is 20.9 Å². The number of hydrogen-bond donors (Lipinski definition) is 0. The van der Waals surface area contributed by atoms with Gasteiger partial charge in [-0.3, -0.25) is 0 Å². The predicted molar refractivity (Wildman–Crippen MR) is 97.2 cm³/mol. The van der Waals surface area contributed by atoms with Gasteiger partial charge in [0.1, 0.15) is 28.7 Å². The molecular weight excluding hydrogens is 322 g/mol. The summed E-state index contributed by atoms with van der Waals surface area (Å²) in [6.45, 7) is 2.18. The lowest BCUT2D eigenvalue weighted by Crippen LogP contribution is -2.30. The quantitative estimate of drug-likeness (QED) is 0.587. The van der Waals surface area contributed by atoms with Gasteiger partial charge in [-0.1, -0.05) is 0 Å². The Morgan fingerprint density at radius 2 is 1.67 bits per heavy atom. The zero-order valence-corrected chi connectivity index (χ0v) is 15.0. The van der Waals surface area contributed by atoms with Gasteiger partial charge in [-0.25, -0.2) is 9.97 Å². The molecule has 1 fully saturated rings. The zero-order chi connectivity index (χ0) is 16.8. The van der Waals surface area contributed by atoms with E-state index in [-0.39, 0.29) is 0 Å². The number of benzene rings is 1. The number of methoxy groups -OCH3 is 2. The van der Waals surface area contributed by atoms with Crippen molar-refractivity contribution in [3.05, 3.63) is 36.2 Å². The molecule has 0 radical (unpaired) electrons. The molecule has 0 bridgehead atoms. The van der Waals surface area contributed by atoms with E-state index in [1.165, 1.54) is 19.3 Å².